The van der Waals surface area contributed by atoms with E-state index in [0.29, 0.717) is 11.1 Å². The molecular weight excluding hydrogens is 307 g/mol. The fourth-order valence-electron chi connectivity index (χ4n) is 2.42. The van der Waals surface area contributed by atoms with Crippen LogP contribution in [0.2, 0.25) is 0 Å². The second-order valence-electron chi connectivity index (χ2n) is 4.89. The predicted octanol–water partition coefficient (Wildman–Crippen LogP) is 3.45. The quantitative estimate of drug-likeness (QED) is 0.787. The maximum Gasteiger partial charge on any atom is 0.416 e. The molecule has 3 aromatic rings. The van der Waals surface area contributed by atoms with Crippen LogP contribution in [0, 0.1) is 0 Å². The van der Waals surface area contributed by atoms with Gasteiger partial charge >= 0.3 is 11.9 Å². The molecule has 3 rings (SSSR count). The van der Waals surface area contributed by atoms with Crippen LogP contribution in [0.1, 0.15) is 5.56 Å². The van der Waals surface area contributed by atoms with E-state index in [4.69, 9.17) is 0 Å². The van der Waals surface area contributed by atoms with Gasteiger partial charge in [0, 0.05) is 12.4 Å². The third-order valence-corrected chi connectivity index (χ3v) is 3.47. The van der Waals surface area contributed by atoms with E-state index in [1.54, 1.807) is 37.4 Å². The summed E-state index contributed by atoms with van der Waals surface area (Å²) in [6.07, 6.45) is -4.49. The molecule has 0 atom stereocenters. The van der Waals surface area contributed by atoms with Crippen molar-refractivity contribution in [1.29, 1.82) is 0 Å². The van der Waals surface area contributed by atoms with Crippen molar-refractivity contribution in [2.45, 2.75) is 6.18 Å². The maximum absolute atomic E-state index is 13.0. The highest BCUT2D eigenvalue weighted by Crippen LogP contribution is 2.32. The number of nitrogens with one attached hydrogen (secondary N) is 1. The summed E-state index contributed by atoms with van der Waals surface area (Å²) in [5.41, 5.74) is -0.859. The molecule has 1 N–H and O–H groups in total. The second kappa shape index (κ2) is 5.42. The average Bonchev–Trinajstić information content (AvgIpc) is 2.53. The number of hydrogen-bond acceptors (Lipinski definition) is 3. The van der Waals surface area contributed by atoms with Crippen LogP contribution in [-0.2, 0) is 6.18 Å². The monoisotopic (exact) mass is 319 g/mol. The fourth-order valence-corrected chi connectivity index (χ4v) is 2.42. The van der Waals surface area contributed by atoms with E-state index in [9.17, 15) is 18.0 Å². The van der Waals surface area contributed by atoms with Crippen LogP contribution in [0.3, 0.4) is 0 Å². The number of alkyl halides is 3. The molecular formula is C16H12F3N3O. The molecule has 2 aromatic carbocycles. The summed E-state index contributed by atoms with van der Waals surface area (Å²) in [5, 5.41) is 3.18. The Bertz CT molecular complexity index is 917. The number of para-hydroxylation sites is 1. The number of nitrogens with zero attached hydrogens (tertiary/aromatic N) is 2. The lowest BCUT2D eigenvalue weighted by Crippen LogP contribution is -2.23. The highest BCUT2D eigenvalue weighted by Gasteiger charge is 2.31. The molecule has 7 heteroatoms. The van der Waals surface area contributed by atoms with E-state index >= 15 is 0 Å². The molecule has 0 amide bonds. The second-order valence-corrected chi connectivity index (χ2v) is 4.89. The first-order valence-electron chi connectivity index (χ1n) is 6.79. The van der Waals surface area contributed by atoms with Crippen molar-refractivity contribution in [3.05, 3.63) is 64.6 Å². The minimum atomic E-state index is -4.49. The van der Waals surface area contributed by atoms with Gasteiger partial charge in [-0.2, -0.15) is 18.2 Å². The Morgan fingerprint density at radius 2 is 1.78 bits per heavy atom. The molecule has 23 heavy (non-hydrogen) atoms. The third kappa shape index (κ3) is 2.65. The number of hydrogen-bond donors (Lipinski definition) is 1. The van der Waals surface area contributed by atoms with Crippen molar-refractivity contribution in [1.82, 2.24) is 9.55 Å². The Hall–Kier alpha value is -2.83. The zero-order valence-electron chi connectivity index (χ0n) is 12.1. The molecule has 1 heterocycles. The molecule has 0 radical (unpaired) electrons. The minimum Gasteiger partial charge on any atom is -0.372 e. The van der Waals surface area contributed by atoms with Gasteiger partial charge in [-0.15, -0.1) is 0 Å². The van der Waals surface area contributed by atoms with Crippen LogP contribution in [-0.4, -0.2) is 16.6 Å². The van der Waals surface area contributed by atoms with Gasteiger partial charge in [-0.05, 0) is 30.3 Å². The Balaban J connectivity index is 2.43. The predicted molar refractivity (Wildman–Crippen MR) is 81.9 cm³/mol. The molecule has 0 fully saturated rings. The lowest BCUT2D eigenvalue weighted by molar-refractivity contribution is -0.137. The van der Waals surface area contributed by atoms with Crippen LogP contribution in [0.25, 0.3) is 16.6 Å². The van der Waals surface area contributed by atoms with Crippen LogP contribution < -0.4 is 11.0 Å². The van der Waals surface area contributed by atoms with E-state index in [-0.39, 0.29) is 11.3 Å². The van der Waals surface area contributed by atoms with Gasteiger partial charge in [-0.25, -0.2) is 4.79 Å². The van der Waals surface area contributed by atoms with Gasteiger partial charge in [-0.3, -0.25) is 4.57 Å². The molecule has 118 valence electrons. The maximum atomic E-state index is 13.0. The summed E-state index contributed by atoms with van der Waals surface area (Å²) in [6.45, 7) is 0. The first-order valence-corrected chi connectivity index (χ1v) is 6.79. The van der Waals surface area contributed by atoms with Crippen molar-refractivity contribution in [3.63, 3.8) is 0 Å². The van der Waals surface area contributed by atoms with E-state index in [1.807, 2.05) is 0 Å². The van der Waals surface area contributed by atoms with Crippen LogP contribution in [0.4, 0.5) is 19.0 Å². The van der Waals surface area contributed by atoms with Gasteiger partial charge < -0.3 is 5.32 Å². The Kier molecular flexibility index (Phi) is 3.55. The molecule has 0 spiro atoms. The summed E-state index contributed by atoms with van der Waals surface area (Å²) in [4.78, 5) is 16.2. The third-order valence-electron chi connectivity index (χ3n) is 3.47. The molecule has 0 aliphatic carbocycles. The number of fused-ring (bicyclic) bond motifs is 1. The summed E-state index contributed by atoms with van der Waals surface area (Å²) in [6, 6.07) is 11.7. The number of aromatic nitrogens is 2. The van der Waals surface area contributed by atoms with Crippen molar-refractivity contribution >= 4 is 16.7 Å². The molecule has 1 aromatic heterocycles. The molecule has 0 aliphatic rings. The van der Waals surface area contributed by atoms with Crippen LogP contribution >= 0.6 is 0 Å². The smallest absolute Gasteiger partial charge is 0.372 e. The molecule has 0 bridgehead atoms. The van der Waals surface area contributed by atoms with Crippen molar-refractivity contribution < 1.29 is 13.2 Å². The highest BCUT2D eigenvalue weighted by molar-refractivity contribution is 5.90. The molecule has 4 nitrogen and oxygen atoms in total. The lowest BCUT2D eigenvalue weighted by Gasteiger charge is -2.14. The summed E-state index contributed by atoms with van der Waals surface area (Å²) >= 11 is 0. The van der Waals surface area contributed by atoms with Gasteiger partial charge in [0.1, 0.15) is 5.82 Å². The normalized spacial score (nSPS) is 11.7. The minimum absolute atomic E-state index is 0.148. The van der Waals surface area contributed by atoms with Crippen molar-refractivity contribution in [2.24, 2.45) is 0 Å². The highest BCUT2D eigenvalue weighted by atomic mass is 19.4. The van der Waals surface area contributed by atoms with Crippen molar-refractivity contribution in [2.75, 3.05) is 12.4 Å². The van der Waals surface area contributed by atoms with Gasteiger partial charge in [0.25, 0.3) is 0 Å². The zero-order valence-corrected chi connectivity index (χ0v) is 12.1. The van der Waals surface area contributed by atoms with Crippen LogP contribution in [0.5, 0.6) is 0 Å². The molecule has 0 saturated heterocycles. The number of halogens is 3. The molecule has 0 aliphatic heterocycles. The van der Waals surface area contributed by atoms with E-state index in [2.05, 4.69) is 10.3 Å². The first kappa shape index (κ1) is 15.1. The fraction of sp³-hybridized carbons (Fsp3) is 0.125. The van der Waals surface area contributed by atoms with Gasteiger partial charge in [0.15, 0.2) is 0 Å². The summed E-state index contributed by atoms with van der Waals surface area (Å²) in [5.74, 6) is 0.242. The summed E-state index contributed by atoms with van der Waals surface area (Å²) < 4.78 is 40.2. The lowest BCUT2D eigenvalue weighted by atomic mass is 10.1. The number of rotatable bonds is 2. The average molecular weight is 319 g/mol. The zero-order chi connectivity index (χ0) is 16.6. The van der Waals surface area contributed by atoms with Gasteiger partial charge in [0.05, 0.1) is 16.8 Å². The standard InChI is InChI=1S/C16H12F3N3O/c1-20-14-12-8-7-10(16(17,18)19)9-13(12)22(15(23)21-14)11-5-3-2-4-6-11/h2-9H,1H3,(H,20,21,23). The van der Waals surface area contributed by atoms with Gasteiger partial charge in [0.2, 0.25) is 0 Å². The summed E-state index contributed by atoms with van der Waals surface area (Å²) in [7, 11) is 1.56. The largest absolute Gasteiger partial charge is 0.416 e. The van der Waals surface area contributed by atoms with Crippen molar-refractivity contribution in [3.8, 4) is 5.69 Å². The first-order chi connectivity index (χ1) is 10.9. The Labute approximate surface area is 129 Å². The molecule has 0 saturated carbocycles. The van der Waals surface area contributed by atoms with E-state index < -0.39 is 17.4 Å². The number of benzene rings is 2. The number of anilines is 1. The molecule has 0 unspecified atom stereocenters. The Morgan fingerprint density at radius 1 is 1.09 bits per heavy atom. The van der Waals surface area contributed by atoms with E-state index in [0.717, 1.165) is 12.1 Å². The van der Waals surface area contributed by atoms with Gasteiger partial charge in [-0.1, -0.05) is 18.2 Å². The Morgan fingerprint density at radius 3 is 2.39 bits per heavy atom. The topological polar surface area (TPSA) is 46.9 Å². The van der Waals surface area contributed by atoms with Crippen LogP contribution in [0.15, 0.2) is 53.3 Å². The SMILES string of the molecule is CNc1nc(=O)n(-c2ccccc2)c2cc(C(F)(F)F)ccc12. The van der Waals surface area contributed by atoms with E-state index in [1.165, 1.54) is 10.6 Å².